The van der Waals surface area contributed by atoms with Gasteiger partial charge < -0.3 is 9.47 Å². The number of aromatic nitrogens is 1. The lowest BCUT2D eigenvalue weighted by atomic mass is 10.1. The van der Waals surface area contributed by atoms with Gasteiger partial charge in [0.15, 0.2) is 5.75 Å². The van der Waals surface area contributed by atoms with Crippen LogP contribution in [0.2, 0.25) is 0 Å². The van der Waals surface area contributed by atoms with E-state index in [2.05, 4.69) is 27.0 Å². The van der Waals surface area contributed by atoms with Crippen LogP contribution in [-0.4, -0.2) is 18.1 Å². The number of nitrogens with zero attached hydrogens (tertiary/aromatic N) is 1. The highest BCUT2D eigenvalue weighted by Crippen LogP contribution is 2.41. The molecule has 0 saturated heterocycles. The number of ether oxygens (including phenoxy) is 2. The predicted octanol–water partition coefficient (Wildman–Crippen LogP) is 4.30. The van der Waals surface area contributed by atoms with Gasteiger partial charge in [0.2, 0.25) is 0 Å². The smallest absolute Gasteiger partial charge is 0.342 e. The van der Waals surface area contributed by atoms with Crippen LogP contribution in [0.4, 0.5) is 0 Å². The average molecular weight is 348 g/mol. The van der Waals surface area contributed by atoms with E-state index < -0.39 is 5.97 Å². The number of hydrogen-bond donors (Lipinski definition) is 0. The number of hydrogen-bond acceptors (Lipinski definition) is 4. The van der Waals surface area contributed by atoms with Crippen LogP contribution in [0.1, 0.15) is 34.7 Å². The number of carbonyl (C=O) groups excluding carboxylic acids is 1. The Morgan fingerprint density at radius 3 is 2.86 bits per heavy atom. The highest BCUT2D eigenvalue weighted by molar-refractivity contribution is 9.10. The van der Waals surface area contributed by atoms with Crippen LogP contribution in [0.5, 0.6) is 11.5 Å². The summed E-state index contributed by atoms with van der Waals surface area (Å²) in [7, 11) is 1.34. The topological polar surface area (TPSA) is 48.4 Å². The van der Waals surface area contributed by atoms with E-state index in [9.17, 15) is 4.79 Å². The molecule has 0 atom stereocenters. The van der Waals surface area contributed by atoms with Gasteiger partial charge in [0.05, 0.1) is 17.8 Å². The van der Waals surface area contributed by atoms with Crippen LogP contribution in [0.15, 0.2) is 41.1 Å². The second-order valence-electron chi connectivity index (χ2n) is 4.93. The fraction of sp³-hybridized carbons (Fsp3) is 0.250. The van der Waals surface area contributed by atoms with Crippen LogP contribution in [0, 0.1) is 0 Å². The standard InChI is InChI=1S/C16H14BrNO3/c1-20-16(19)15-13(17)8-18-9-14(15)21-12-4-2-3-11(7-12)10-5-6-10/h2-4,7-10H,5-6H2,1H3. The number of pyridine rings is 1. The summed E-state index contributed by atoms with van der Waals surface area (Å²) in [5, 5.41) is 0. The first-order chi connectivity index (χ1) is 10.2. The number of rotatable bonds is 4. The van der Waals surface area contributed by atoms with Crippen molar-refractivity contribution in [3.8, 4) is 11.5 Å². The van der Waals surface area contributed by atoms with E-state index in [1.807, 2.05) is 18.2 Å². The molecule has 0 amide bonds. The van der Waals surface area contributed by atoms with E-state index in [-0.39, 0.29) is 0 Å². The molecule has 1 aliphatic carbocycles. The number of halogens is 1. The quantitative estimate of drug-likeness (QED) is 0.773. The highest BCUT2D eigenvalue weighted by atomic mass is 79.9. The van der Waals surface area contributed by atoms with Crippen molar-refractivity contribution in [2.45, 2.75) is 18.8 Å². The Balaban J connectivity index is 1.92. The van der Waals surface area contributed by atoms with E-state index in [1.54, 1.807) is 6.20 Å². The Labute approximate surface area is 131 Å². The SMILES string of the molecule is COC(=O)c1c(Br)cncc1Oc1cccc(C2CC2)c1. The molecule has 1 aromatic carbocycles. The number of carbonyl (C=O) groups is 1. The van der Waals surface area contributed by atoms with Gasteiger partial charge in [0.25, 0.3) is 0 Å². The van der Waals surface area contributed by atoms with Crippen LogP contribution >= 0.6 is 15.9 Å². The molecule has 1 aromatic heterocycles. The molecule has 0 radical (unpaired) electrons. The number of esters is 1. The van der Waals surface area contributed by atoms with Crippen molar-refractivity contribution in [2.75, 3.05) is 7.11 Å². The molecule has 0 bridgehead atoms. The summed E-state index contributed by atoms with van der Waals surface area (Å²) in [6.07, 6.45) is 5.52. The minimum Gasteiger partial charge on any atom is -0.465 e. The van der Waals surface area contributed by atoms with Gasteiger partial charge in [0, 0.05) is 6.20 Å². The lowest BCUT2D eigenvalue weighted by molar-refractivity contribution is 0.0596. The molecule has 5 heteroatoms. The van der Waals surface area contributed by atoms with E-state index in [4.69, 9.17) is 9.47 Å². The normalized spacial score (nSPS) is 13.8. The van der Waals surface area contributed by atoms with E-state index >= 15 is 0 Å². The van der Waals surface area contributed by atoms with Crippen molar-refractivity contribution in [3.63, 3.8) is 0 Å². The van der Waals surface area contributed by atoms with Crippen LogP contribution < -0.4 is 4.74 Å². The maximum Gasteiger partial charge on any atom is 0.342 e. The third-order valence-corrected chi connectivity index (χ3v) is 3.99. The molecule has 2 aromatic rings. The van der Waals surface area contributed by atoms with Crippen molar-refractivity contribution >= 4 is 21.9 Å². The Morgan fingerprint density at radius 1 is 1.33 bits per heavy atom. The van der Waals surface area contributed by atoms with Gasteiger partial charge >= 0.3 is 5.97 Å². The average Bonchev–Trinajstić information content (AvgIpc) is 3.32. The summed E-state index contributed by atoms with van der Waals surface area (Å²) in [4.78, 5) is 15.9. The first-order valence-corrected chi connectivity index (χ1v) is 7.48. The molecule has 1 aliphatic rings. The second kappa shape index (κ2) is 5.85. The molecule has 0 aliphatic heterocycles. The Morgan fingerprint density at radius 2 is 2.14 bits per heavy atom. The minimum absolute atomic E-state index is 0.337. The summed E-state index contributed by atoms with van der Waals surface area (Å²) in [5.41, 5.74) is 1.61. The maximum atomic E-state index is 11.9. The molecular weight excluding hydrogens is 334 g/mol. The van der Waals surface area contributed by atoms with Crippen molar-refractivity contribution in [3.05, 3.63) is 52.3 Å². The summed E-state index contributed by atoms with van der Waals surface area (Å²) < 4.78 is 11.2. The highest BCUT2D eigenvalue weighted by Gasteiger charge is 2.24. The molecule has 1 saturated carbocycles. The largest absolute Gasteiger partial charge is 0.465 e. The van der Waals surface area contributed by atoms with Gasteiger partial charge in [-0.25, -0.2) is 4.79 Å². The van der Waals surface area contributed by atoms with Gasteiger partial charge in [-0.2, -0.15) is 0 Å². The fourth-order valence-corrected chi connectivity index (χ4v) is 2.65. The van der Waals surface area contributed by atoms with E-state index in [0.29, 0.717) is 27.5 Å². The Bertz CT molecular complexity index is 683. The van der Waals surface area contributed by atoms with Gasteiger partial charge in [0.1, 0.15) is 11.3 Å². The lowest BCUT2D eigenvalue weighted by Gasteiger charge is -2.11. The molecule has 1 fully saturated rings. The summed E-state index contributed by atoms with van der Waals surface area (Å²) in [6.45, 7) is 0. The molecular formula is C16H14BrNO3. The molecule has 0 spiro atoms. The van der Waals surface area contributed by atoms with Crippen molar-refractivity contribution < 1.29 is 14.3 Å². The summed E-state index contributed by atoms with van der Waals surface area (Å²) in [5.74, 6) is 1.26. The van der Waals surface area contributed by atoms with E-state index in [1.165, 1.54) is 31.7 Å². The zero-order valence-electron chi connectivity index (χ0n) is 11.5. The van der Waals surface area contributed by atoms with Crippen molar-refractivity contribution in [1.29, 1.82) is 0 Å². The van der Waals surface area contributed by atoms with Crippen LogP contribution in [-0.2, 0) is 4.74 Å². The zero-order valence-corrected chi connectivity index (χ0v) is 13.1. The summed E-state index contributed by atoms with van der Waals surface area (Å²) >= 11 is 3.31. The maximum absolute atomic E-state index is 11.9. The molecule has 21 heavy (non-hydrogen) atoms. The molecule has 108 valence electrons. The molecule has 0 N–H and O–H groups in total. The van der Waals surface area contributed by atoms with Gasteiger partial charge in [-0.05, 0) is 52.4 Å². The van der Waals surface area contributed by atoms with Crippen molar-refractivity contribution in [2.24, 2.45) is 0 Å². The van der Waals surface area contributed by atoms with Gasteiger partial charge in [-0.3, -0.25) is 4.98 Å². The van der Waals surface area contributed by atoms with Gasteiger partial charge in [-0.1, -0.05) is 12.1 Å². The first-order valence-electron chi connectivity index (χ1n) is 6.68. The van der Waals surface area contributed by atoms with Crippen LogP contribution in [0.25, 0.3) is 0 Å². The van der Waals surface area contributed by atoms with Crippen molar-refractivity contribution in [1.82, 2.24) is 4.98 Å². The third-order valence-electron chi connectivity index (χ3n) is 3.39. The molecule has 1 heterocycles. The molecule has 4 nitrogen and oxygen atoms in total. The van der Waals surface area contributed by atoms with Gasteiger partial charge in [-0.15, -0.1) is 0 Å². The number of methoxy groups -OCH3 is 1. The first kappa shape index (κ1) is 14.1. The third kappa shape index (κ3) is 3.08. The monoisotopic (exact) mass is 347 g/mol. The number of benzene rings is 1. The molecule has 0 unspecified atom stereocenters. The van der Waals surface area contributed by atoms with Crippen LogP contribution in [0.3, 0.4) is 0 Å². The Kier molecular flexibility index (Phi) is 3.92. The predicted molar refractivity (Wildman–Crippen MR) is 81.8 cm³/mol. The fourth-order valence-electron chi connectivity index (χ4n) is 2.17. The summed E-state index contributed by atoms with van der Waals surface area (Å²) in [6, 6.07) is 7.95. The molecule has 3 rings (SSSR count). The minimum atomic E-state index is -0.461. The second-order valence-corrected chi connectivity index (χ2v) is 5.79. The Hall–Kier alpha value is -1.88. The lowest BCUT2D eigenvalue weighted by Crippen LogP contribution is -2.05. The zero-order chi connectivity index (χ0) is 14.8. The van der Waals surface area contributed by atoms with E-state index in [0.717, 1.165) is 0 Å².